The monoisotopic (exact) mass is 234 g/mol. The van der Waals surface area contributed by atoms with Gasteiger partial charge in [0.05, 0.1) is 0 Å². The van der Waals surface area contributed by atoms with Crippen molar-refractivity contribution in [3.63, 3.8) is 0 Å². The van der Waals surface area contributed by atoms with Gasteiger partial charge < -0.3 is 9.73 Å². The highest BCUT2D eigenvalue weighted by molar-refractivity contribution is 7.99. The standard InChI is InChI=1S/C12H14N2OS/c1-9(7-13-2)8-16-12-14-10-5-3-4-6-11(10)15-12/h3-6,13H,1,7-8H2,2H3. The van der Waals surface area contributed by atoms with Crippen molar-refractivity contribution in [2.75, 3.05) is 19.3 Å². The number of likely N-dealkylation sites (N-methyl/N-ethyl adjacent to an activating group) is 1. The molecule has 0 amide bonds. The smallest absolute Gasteiger partial charge is 0.257 e. The lowest BCUT2D eigenvalue weighted by Gasteiger charge is -2.00. The van der Waals surface area contributed by atoms with E-state index in [0.29, 0.717) is 5.22 Å². The van der Waals surface area contributed by atoms with Crippen LogP contribution in [0.4, 0.5) is 0 Å². The summed E-state index contributed by atoms with van der Waals surface area (Å²) in [4.78, 5) is 4.38. The summed E-state index contributed by atoms with van der Waals surface area (Å²) < 4.78 is 5.59. The molecule has 0 aliphatic rings. The molecular weight excluding hydrogens is 220 g/mol. The third kappa shape index (κ3) is 2.65. The van der Waals surface area contributed by atoms with Crippen molar-refractivity contribution in [1.29, 1.82) is 0 Å². The minimum atomic E-state index is 0.707. The molecule has 0 spiro atoms. The van der Waals surface area contributed by atoms with E-state index in [2.05, 4.69) is 16.9 Å². The maximum Gasteiger partial charge on any atom is 0.257 e. The number of hydrogen-bond donors (Lipinski definition) is 1. The Morgan fingerprint density at radius 2 is 2.31 bits per heavy atom. The SMILES string of the molecule is C=C(CNC)CSc1nc2ccccc2o1. The van der Waals surface area contributed by atoms with Gasteiger partial charge in [-0.15, -0.1) is 0 Å². The summed E-state index contributed by atoms with van der Waals surface area (Å²) in [6, 6.07) is 7.78. The minimum Gasteiger partial charge on any atom is -0.431 e. The Hall–Kier alpha value is -1.26. The van der Waals surface area contributed by atoms with E-state index in [1.54, 1.807) is 11.8 Å². The third-order valence-electron chi connectivity index (χ3n) is 2.10. The van der Waals surface area contributed by atoms with Crippen molar-refractivity contribution in [2.24, 2.45) is 0 Å². The van der Waals surface area contributed by atoms with Crippen LogP contribution in [-0.2, 0) is 0 Å². The summed E-state index contributed by atoms with van der Waals surface area (Å²) in [7, 11) is 1.91. The van der Waals surface area contributed by atoms with Crippen molar-refractivity contribution in [3.05, 3.63) is 36.4 Å². The van der Waals surface area contributed by atoms with E-state index in [1.807, 2.05) is 31.3 Å². The molecule has 2 aromatic rings. The molecule has 1 N–H and O–H groups in total. The van der Waals surface area contributed by atoms with Crippen molar-refractivity contribution in [3.8, 4) is 0 Å². The van der Waals surface area contributed by atoms with Crippen molar-refractivity contribution >= 4 is 22.9 Å². The van der Waals surface area contributed by atoms with Crippen LogP contribution in [-0.4, -0.2) is 24.3 Å². The Morgan fingerprint density at radius 3 is 3.06 bits per heavy atom. The number of nitrogens with one attached hydrogen (secondary N) is 1. The maximum atomic E-state index is 5.59. The normalized spacial score (nSPS) is 10.8. The van der Waals surface area contributed by atoms with Gasteiger partial charge in [0.15, 0.2) is 5.58 Å². The molecule has 1 aromatic heterocycles. The molecule has 0 fully saturated rings. The number of benzene rings is 1. The van der Waals surface area contributed by atoms with Gasteiger partial charge in [-0.05, 0) is 19.2 Å². The van der Waals surface area contributed by atoms with Crippen LogP contribution < -0.4 is 5.32 Å². The topological polar surface area (TPSA) is 38.1 Å². The van der Waals surface area contributed by atoms with E-state index in [-0.39, 0.29) is 0 Å². The van der Waals surface area contributed by atoms with Crippen LogP contribution in [0.3, 0.4) is 0 Å². The van der Waals surface area contributed by atoms with E-state index in [0.717, 1.165) is 29.0 Å². The molecule has 84 valence electrons. The average Bonchev–Trinajstić information content (AvgIpc) is 2.69. The van der Waals surface area contributed by atoms with Gasteiger partial charge in [0.1, 0.15) is 5.52 Å². The van der Waals surface area contributed by atoms with E-state index < -0.39 is 0 Å². The summed E-state index contributed by atoms with van der Waals surface area (Å²) >= 11 is 1.58. The van der Waals surface area contributed by atoms with Crippen LogP contribution in [0, 0.1) is 0 Å². The molecule has 2 rings (SSSR count). The Balaban J connectivity index is 2.02. The molecule has 0 bridgehead atoms. The number of thioether (sulfide) groups is 1. The highest BCUT2D eigenvalue weighted by Crippen LogP contribution is 2.24. The number of rotatable bonds is 5. The molecule has 0 aliphatic carbocycles. The molecular formula is C12H14N2OS. The molecule has 0 unspecified atom stereocenters. The highest BCUT2D eigenvalue weighted by Gasteiger charge is 2.05. The van der Waals surface area contributed by atoms with Gasteiger partial charge in [-0.1, -0.05) is 36.0 Å². The molecule has 1 aromatic carbocycles. The van der Waals surface area contributed by atoms with Gasteiger partial charge in [0.25, 0.3) is 5.22 Å². The van der Waals surface area contributed by atoms with Gasteiger partial charge in [-0.25, -0.2) is 4.98 Å². The second-order valence-corrected chi connectivity index (χ2v) is 4.44. The summed E-state index contributed by atoms with van der Waals surface area (Å²) in [6.45, 7) is 4.79. The lowest BCUT2D eigenvalue weighted by Crippen LogP contribution is -2.10. The van der Waals surface area contributed by atoms with Gasteiger partial charge in [0, 0.05) is 12.3 Å². The number of para-hydroxylation sites is 2. The summed E-state index contributed by atoms with van der Waals surface area (Å²) in [6.07, 6.45) is 0. The van der Waals surface area contributed by atoms with Gasteiger partial charge in [-0.2, -0.15) is 0 Å². The molecule has 0 saturated carbocycles. The Morgan fingerprint density at radius 1 is 1.50 bits per heavy atom. The molecule has 0 radical (unpaired) electrons. The average molecular weight is 234 g/mol. The zero-order valence-corrected chi connectivity index (χ0v) is 10.0. The van der Waals surface area contributed by atoms with E-state index in [4.69, 9.17) is 4.42 Å². The van der Waals surface area contributed by atoms with Crippen molar-refractivity contribution in [1.82, 2.24) is 10.3 Å². The second kappa shape index (κ2) is 5.18. The third-order valence-corrected chi connectivity index (χ3v) is 3.07. The van der Waals surface area contributed by atoms with Gasteiger partial charge in [-0.3, -0.25) is 0 Å². The maximum absolute atomic E-state index is 5.59. The Labute approximate surface area is 98.9 Å². The van der Waals surface area contributed by atoms with Crippen LogP contribution in [0.25, 0.3) is 11.1 Å². The predicted molar refractivity (Wildman–Crippen MR) is 67.8 cm³/mol. The Bertz CT molecular complexity index is 459. The van der Waals surface area contributed by atoms with Crippen LogP contribution in [0.15, 0.2) is 46.1 Å². The lowest BCUT2D eigenvalue weighted by atomic mass is 10.3. The fraction of sp³-hybridized carbons (Fsp3) is 0.250. The number of fused-ring (bicyclic) bond motifs is 1. The molecule has 4 heteroatoms. The van der Waals surface area contributed by atoms with Crippen molar-refractivity contribution in [2.45, 2.75) is 5.22 Å². The first-order valence-electron chi connectivity index (χ1n) is 5.09. The van der Waals surface area contributed by atoms with Crippen LogP contribution in [0.5, 0.6) is 0 Å². The van der Waals surface area contributed by atoms with Crippen LogP contribution in [0.2, 0.25) is 0 Å². The molecule has 0 aliphatic heterocycles. The number of hydrogen-bond acceptors (Lipinski definition) is 4. The summed E-state index contributed by atoms with van der Waals surface area (Å²) in [5.41, 5.74) is 2.88. The van der Waals surface area contributed by atoms with E-state index >= 15 is 0 Å². The van der Waals surface area contributed by atoms with E-state index in [9.17, 15) is 0 Å². The first kappa shape index (κ1) is 11.2. The first-order valence-corrected chi connectivity index (χ1v) is 6.08. The molecule has 16 heavy (non-hydrogen) atoms. The van der Waals surface area contributed by atoms with E-state index in [1.165, 1.54) is 0 Å². The zero-order valence-electron chi connectivity index (χ0n) is 9.19. The van der Waals surface area contributed by atoms with Gasteiger partial charge >= 0.3 is 0 Å². The molecule has 0 atom stereocenters. The largest absolute Gasteiger partial charge is 0.431 e. The summed E-state index contributed by atoms with van der Waals surface area (Å²) in [5.74, 6) is 0.827. The molecule has 3 nitrogen and oxygen atoms in total. The lowest BCUT2D eigenvalue weighted by molar-refractivity contribution is 0.489. The predicted octanol–water partition coefficient (Wildman–Crippen LogP) is 2.70. The zero-order chi connectivity index (χ0) is 11.4. The fourth-order valence-electron chi connectivity index (χ4n) is 1.38. The van der Waals surface area contributed by atoms with Gasteiger partial charge in [0.2, 0.25) is 0 Å². The molecule has 0 saturated heterocycles. The summed E-state index contributed by atoms with van der Waals surface area (Å²) in [5, 5.41) is 3.77. The highest BCUT2D eigenvalue weighted by atomic mass is 32.2. The second-order valence-electron chi connectivity index (χ2n) is 3.52. The number of aromatic nitrogens is 1. The van der Waals surface area contributed by atoms with Crippen LogP contribution >= 0.6 is 11.8 Å². The fourth-order valence-corrected chi connectivity index (χ4v) is 2.12. The van der Waals surface area contributed by atoms with Crippen molar-refractivity contribution < 1.29 is 4.42 Å². The number of nitrogens with zero attached hydrogens (tertiary/aromatic N) is 1. The first-order chi connectivity index (χ1) is 7.79. The van der Waals surface area contributed by atoms with Crippen LogP contribution in [0.1, 0.15) is 0 Å². The Kier molecular flexibility index (Phi) is 3.64. The minimum absolute atomic E-state index is 0.707. The quantitative estimate of drug-likeness (QED) is 0.637. The number of oxazole rings is 1. The molecule has 1 heterocycles.